The fourth-order valence-corrected chi connectivity index (χ4v) is 5.17. The van der Waals surface area contributed by atoms with E-state index >= 15 is 0 Å². The van der Waals surface area contributed by atoms with Gasteiger partial charge in [0.15, 0.2) is 0 Å². The van der Waals surface area contributed by atoms with Crippen molar-refractivity contribution >= 4 is 27.5 Å². The molecule has 5 rings (SSSR count). The number of halogens is 1. The van der Waals surface area contributed by atoms with E-state index in [1.54, 1.807) is 33.5 Å². The Morgan fingerprint density at radius 1 is 0.939 bits per heavy atom. The van der Waals surface area contributed by atoms with Gasteiger partial charge in [-0.25, -0.2) is 8.42 Å². The van der Waals surface area contributed by atoms with Crippen LogP contribution < -0.4 is 0 Å². The monoisotopic (exact) mass is 496 g/mol. The number of hydrogen-bond acceptors (Lipinski definition) is 4. The second-order valence-corrected chi connectivity index (χ2v) is 11.3. The van der Waals surface area contributed by atoms with Crippen molar-refractivity contribution in [1.29, 1.82) is 0 Å². The third-order valence-corrected chi connectivity index (χ3v) is 7.96. The maximum atomic E-state index is 12.2. The first-order valence-electron chi connectivity index (χ1n) is 11.9. The molecule has 0 unspecified atom stereocenters. The van der Waals surface area contributed by atoms with Crippen molar-refractivity contribution in [2.75, 3.05) is 26.2 Å². The van der Waals surface area contributed by atoms with Crippen molar-refractivity contribution in [2.45, 2.75) is 75.2 Å². The summed E-state index contributed by atoms with van der Waals surface area (Å²) in [6, 6.07) is 6.34. The molecular formula is C25H37ClN2O4S. The van der Waals surface area contributed by atoms with Crippen LogP contribution in [0.5, 0.6) is 0 Å². The zero-order chi connectivity index (χ0) is 24.3. The fraction of sp³-hybridized carbons (Fsp3) is 0.640. The minimum absolute atomic E-state index is 0.244. The molecule has 0 aromatic heterocycles. The molecule has 0 spiro atoms. The summed E-state index contributed by atoms with van der Waals surface area (Å²) in [5.41, 5.74) is 0. The number of sulfonamides is 1. The van der Waals surface area contributed by atoms with Crippen LogP contribution in [-0.4, -0.2) is 60.9 Å². The highest BCUT2D eigenvalue weighted by atomic mass is 35.5. The molecule has 1 aromatic rings. The third-order valence-electron chi connectivity index (χ3n) is 5.80. The molecule has 0 radical (unpaired) electrons. The Bertz CT molecular complexity index is 842. The number of piperidine rings is 1. The number of likely N-dealkylation sites (tertiary alicyclic amines) is 1. The van der Waals surface area contributed by atoms with E-state index in [2.05, 4.69) is 12.8 Å². The minimum atomic E-state index is -3.30. The van der Waals surface area contributed by atoms with Gasteiger partial charge in [-0.1, -0.05) is 37.3 Å². The second kappa shape index (κ2) is 14.0. The van der Waals surface area contributed by atoms with Gasteiger partial charge in [-0.15, -0.1) is 12.8 Å². The van der Waals surface area contributed by atoms with Gasteiger partial charge in [-0.05, 0) is 62.3 Å². The molecule has 2 saturated heterocycles. The SMILES string of the molecule is C#C.C1CC1.O=C(CC1CC1)N1CC[C@@H](O)C1.O=S(=O)(c1ccc(Cl)cc1)N1CCCCC1. The zero-order valence-corrected chi connectivity index (χ0v) is 20.9. The largest absolute Gasteiger partial charge is 0.391 e. The Labute approximate surface area is 204 Å². The highest BCUT2D eigenvalue weighted by Gasteiger charge is 2.30. The number of amides is 1. The number of β-amino-alcohol motifs (C(OH)–C–C–N with tert-alkyl or cyclic N) is 1. The lowest BCUT2D eigenvalue weighted by Gasteiger charge is -2.25. The van der Waals surface area contributed by atoms with Crippen LogP contribution in [0.3, 0.4) is 0 Å². The van der Waals surface area contributed by atoms with Gasteiger partial charge in [0, 0.05) is 37.6 Å². The molecule has 1 N–H and O–H groups in total. The van der Waals surface area contributed by atoms with E-state index in [4.69, 9.17) is 11.6 Å². The maximum absolute atomic E-state index is 12.2. The van der Waals surface area contributed by atoms with Crippen molar-refractivity contribution in [3.63, 3.8) is 0 Å². The molecule has 2 heterocycles. The molecule has 2 aliphatic carbocycles. The van der Waals surface area contributed by atoms with Crippen molar-refractivity contribution in [3.05, 3.63) is 29.3 Å². The summed E-state index contributed by atoms with van der Waals surface area (Å²) in [7, 11) is -3.30. The topological polar surface area (TPSA) is 77.9 Å². The Hall–Kier alpha value is -1.59. The van der Waals surface area contributed by atoms with Crippen LogP contribution in [0.1, 0.15) is 64.2 Å². The lowest BCUT2D eigenvalue weighted by Crippen LogP contribution is -2.35. The number of benzene rings is 1. The normalized spacial score (nSPS) is 21.9. The summed E-state index contributed by atoms with van der Waals surface area (Å²) >= 11 is 5.74. The van der Waals surface area contributed by atoms with Crippen LogP contribution in [0.4, 0.5) is 0 Å². The molecule has 0 bridgehead atoms. The van der Waals surface area contributed by atoms with Gasteiger partial charge in [-0.2, -0.15) is 4.31 Å². The first-order valence-corrected chi connectivity index (χ1v) is 13.7. The first-order chi connectivity index (χ1) is 15.9. The molecular weight excluding hydrogens is 460 g/mol. The van der Waals surface area contributed by atoms with Gasteiger partial charge in [0.2, 0.25) is 15.9 Å². The third kappa shape index (κ3) is 10.1. The lowest BCUT2D eigenvalue weighted by atomic mass is 10.2. The average molecular weight is 497 g/mol. The Morgan fingerprint density at radius 2 is 1.48 bits per heavy atom. The highest BCUT2D eigenvalue weighted by molar-refractivity contribution is 7.89. The van der Waals surface area contributed by atoms with Crippen LogP contribution in [0.15, 0.2) is 29.2 Å². The molecule has 4 aliphatic rings. The molecule has 8 heteroatoms. The van der Waals surface area contributed by atoms with Gasteiger partial charge in [0.05, 0.1) is 11.0 Å². The molecule has 1 aromatic carbocycles. The summed E-state index contributed by atoms with van der Waals surface area (Å²) in [6.07, 6.45) is 19.2. The van der Waals surface area contributed by atoms with Crippen molar-refractivity contribution in [1.82, 2.24) is 9.21 Å². The molecule has 4 fully saturated rings. The second-order valence-electron chi connectivity index (χ2n) is 8.91. The molecule has 33 heavy (non-hydrogen) atoms. The van der Waals surface area contributed by atoms with Gasteiger partial charge in [-0.3, -0.25) is 4.79 Å². The predicted molar refractivity (Wildman–Crippen MR) is 132 cm³/mol. The van der Waals surface area contributed by atoms with Gasteiger partial charge < -0.3 is 10.0 Å². The number of carbonyl (C=O) groups is 1. The number of nitrogens with zero attached hydrogens (tertiary/aromatic N) is 2. The molecule has 2 aliphatic heterocycles. The van der Waals surface area contributed by atoms with Gasteiger partial charge >= 0.3 is 0 Å². The molecule has 184 valence electrons. The van der Waals surface area contributed by atoms with Crippen LogP contribution in [0, 0.1) is 18.8 Å². The number of aliphatic hydroxyl groups is 1. The van der Waals surface area contributed by atoms with Gasteiger partial charge in [0.25, 0.3) is 0 Å². The number of aliphatic hydroxyl groups excluding tert-OH is 1. The van der Waals surface area contributed by atoms with E-state index < -0.39 is 10.0 Å². The number of rotatable bonds is 4. The summed E-state index contributed by atoms with van der Waals surface area (Å²) < 4.78 is 25.9. The van der Waals surface area contributed by atoms with Crippen LogP contribution in [0.2, 0.25) is 5.02 Å². The molecule has 1 atom stereocenters. The number of terminal acetylenes is 1. The van der Waals surface area contributed by atoms with E-state index in [1.165, 1.54) is 32.1 Å². The standard InChI is InChI=1S/C11H14ClNO2S.C9H15NO2.C3H6.C2H2/c12-10-4-6-11(7-5-10)16(14,15)13-8-2-1-3-9-13;11-8-3-4-10(6-8)9(12)5-7-1-2-7;1-2-3-1;1-2/h4-7H,1-3,8-9H2;7-8,11H,1-6H2;1-3H2;1-2H/t;8-;;/m.1../s1. The van der Waals surface area contributed by atoms with Crippen LogP contribution in [0.25, 0.3) is 0 Å². The Morgan fingerprint density at radius 3 is 1.94 bits per heavy atom. The highest BCUT2D eigenvalue weighted by Crippen LogP contribution is 2.33. The van der Waals surface area contributed by atoms with Crippen molar-refractivity contribution in [2.24, 2.45) is 5.92 Å². The molecule has 2 saturated carbocycles. The fourth-order valence-electron chi connectivity index (χ4n) is 3.53. The predicted octanol–water partition coefficient (Wildman–Crippen LogP) is 4.31. The van der Waals surface area contributed by atoms with Crippen molar-refractivity contribution in [3.8, 4) is 12.8 Å². The molecule has 6 nitrogen and oxygen atoms in total. The van der Waals surface area contributed by atoms with E-state index in [-0.39, 0.29) is 12.0 Å². The maximum Gasteiger partial charge on any atom is 0.243 e. The number of carbonyl (C=O) groups excluding carboxylic acids is 1. The molecule has 1 amide bonds. The van der Waals surface area contributed by atoms with E-state index in [1.807, 2.05) is 0 Å². The van der Waals surface area contributed by atoms with Crippen LogP contribution in [-0.2, 0) is 14.8 Å². The average Bonchev–Trinajstić information content (AvgIpc) is 3.77. The zero-order valence-electron chi connectivity index (χ0n) is 19.4. The van der Waals surface area contributed by atoms with Gasteiger partial charge in [0.1, 0.15) is 0 Å². The quantitative estimate of drug-likeness (QED) is 0.630. The summed E-state index contributed by atoms with van der Waals surface area (Å²) in [5.74, 6) is 0.907. The minimum Gasteiger partial charge on any atom is -0.391 e. The lowest BCUT2D eigenvalue weighted by molar-refractivity contribution is -0.130. The van der Waals surface area contributed by atoms with Crippen molar-refractivity contribution < 1.29 is 18.3 Å². The first kappa shape index (κ1) is 27.7. The van der Waals surface area contributed by atoms with Crippen LogP contribution >= 0.6 is 11.6 Å². The smallest absolute Gasteiger partial charge is 0.243 e. The summed E-state index contributed by atoms with van der Waals surface area (Å²) in [4.78, 5) is 13.6. The van der Waals surface area contributed by atoms with E-state index in [9.17, 15) is 18.3 Å². The van der Waals surface area contributed by atoms with E-state index in [0.717, 1.165) is 32.2 Å². The summed E-state index contributed by atoms with van der Waals surface area (Å²) in [6.45, 7) is 2.58. The van der Waals surface area contributed by atoms with E-state index in [0.29, 0.717) is 41.9 Å². The summed E-state index contributed by atoms with van der Waals surface area (Å²) in [5, 5.41) is 9.76. The number of hydrogen-bond donors (Lipinski definition) is 1. The Kier molecular flexibility index (Phi) is 11.7. The Balaban J connectivity index is 0.000000198.